The van der Waals surface area contributed by atoms with Crippen LogP contribution in [-0.4, -0.2) is 53.1 Å². The Balaban J connectivity index is 1.61. The van der Waals surface area contributed by atoms with Gasteiger partial charge in [0.1, 0.15) is 17.6 Å². The third-order valence-electron chi connectivity index (χ3n) is 4.68. The summed E-state index contributed by atoms with van der Waals surface area (Å²) in [5.74, 6) is -1.86. The zero-order valence-corrected chi connectivity index (χ0v) is 16.2. The molecule has 3 saturated heterocycles. The maximum absolute atomic E-state index is 12.7. The predicted molar refractivity (Wildman–Crippen MR) is 95.8 cm³/mol. The van der Waals surface area contributed by atoms with Crippen molar-refractivity contribution in [1.82, 2.24) is 0 Å². The van der Waals surface area contributed by atoms with Crippen LogP contribution in [0.25, 0.3) is 0 Å². The summed E-state index contributed by atoms with van der Waals surface area (Å²) in [6, 6.07) is 8.95. The number of benzene rings is 1. The number of thioether (sulfide) groups is 1. The van der Waals surface area contributed by atoms with Crippen molar-refractivity contribution in [2.24, 2.45) is 0 Å². The number of carbonyl (C=O) groups excluding carboxylic acids is 1. The standard InChI is InChI=1S/C19H24O6S/c1-18(2)21-10-12-13(23-18)14(15-17(26-12)25-19(3,4)24-15)22-16(20)11-8-6-5-7-9-11/h5-9,12-15,17H,10H2,1-4H3/t12-,13-,14+,15-,17+/m1/s1. The molecule has 3 heterocycles. The minimum Gasteiger partial charge on any atom is -0.453 e. The van der Waals surface area contributed by atoms with Crippen molar-refractivity contribution in [3.05, 3.63) is 35.9 Å². The highest BCUT2D eigenvalue weighted by Gasteiger charge is 2.58. The SMILES string of the molecule is CC1(C)OC[C@H]2S[C@@H]3OC(C)(C)O[C@@H]3[C@@H](OC(=O)c3ccccc3)[C@@H]2O1. The molecule has 5 atom stereocenters. The smallest absolute Gasteiger partial charge is 0.338 e. The molecule has 3 fully saturated rings. The Bertz CT molecular complexity index is 674. The van der Waals surface area contributed by atoms with Crippen LogP contribution >= 0.6 is 11.8 Å². The fourth-order valence-electron chi connectivity index (χ4n) is 3.55. The molecule has 0 saturated carbocycles. The molecule has 7 heteroatoms. The van der Waals surface area contributed by atoms with Crippen LogP contribution in [0.4, 0.5) is 0 Å². The monoisotopic (exact) mass is 380 g/mol. The van der Waals surface area contributed by atoms with Crippen molar-refractivity contribution < 1.29 is 28.5 Å². The van der Waals surface area contributed by atoms with Crippen LogP contribution in [0.1, 0.15) is 38.1 Å². The molecule has 26 heavy (non-hydrogen) atoms. The van der Waals surface area contributed by atoms with Gasteiger partial charge in [0, 0.05) is 0 Å². The van der Waals surface area contributed by atoms with E-state index in [1.54, 1.807) is 23.9 Å². The molecule has 1 aromatic rings. The topological polar surface area (TPSA) is 63.2 Å². The van der Waals surface area contributed by atoms with Gasteiger partial charge >= 0.3 is 5.97 Å². The minimum absolute atomic E-state index is 0.00958. The van der Waals surface area contributed by atoms with E-state index in [9.17, 15) is 4.79 Å². The molecule has 0 bridgehead atoms. The van der Waals surface area contributed by atoms with E-state index in [-0.39, 0.29) is 22.8 Å². The van der Waals surface area contributed by atoms with Gasteiger partial charge < -0.3 is 23.7 Å². The lowest BCUT2D eigenvalue weighted by Crippen LogP contribution is -2.61. The van der Waals surface area contributed by atoms with Gasteiger partial charge in [-0.1, -0.05) is 18.2 Å². The Hall–Kier alpha value is -1.12. The zero-order chi connectivity index (χ0) is 18.5. The third-order valence-corrected chi connectivity index (χ3v) is 6.07. The fraction of sp³-hybridized carbons (Fsp3) is 0.632. The molecule has 1 aromatic carbocycles. The maximum Gasteiger partial charge on any atom is 0.338 e. The first-order valence-electron chi connectivity index (χ1n) is 8.83. The van der Waals surface area contributed by atoms with E-state index in [1.165, 1.54) is 0 Å². The molecule has 0 N–H and O–H groups in total. The average Bonchev–Trinajstić information content (AvgIpc) is 2.89. The van der Waals surface area contributed by atoms with E-state index in [0.717, 1.165) is 0 Å². The summed E-state index contributed by atoms with van der Waals surface area (Å²) in [6.45, 7) is 7.98. The first kappa shape index (κ1) is 18.3. The van der Waals surface area contributed by atoms with Crippen LogP contribution < -0.4 is 0 Å². The van der Waals surface area contributed by atoms with Crippen LogP contribution in [0.15, 0.2) is 30.3 Å². The number of ether oxygens (including phenoxy) is 5. The lowest BCUT2D eigenvalue weighted by atomic mass is 10.0. The first-order valence-corrected chi connectivity index (χ1v) is 9.77. The van der Waals surface area contributed by atoms with Crippen LogP contribution in [-0.2, 0) is 23.7 Å². The summed E-state index contributed by atoms with van der Waals surface area (Å²) in [4.78, 5) is 12.7. The molecule has 0 spiro atoms. The highest BCUT2D eigenvalue weighted by atomic mass is 32.2. The van der Waals surface area contributed by atoms with Crippen molar-refractivity contribution in [1.29, 1.82) is 0 Å². The van der Waals surface area contributed by atoms with Crippen molar-refractivity contribution in [3.63, 3.8) is 0 Å². The van der Waals surface area contributed by atoms with Crippen molar-refractivity contribution in [3.8, 4) is 0 Å². The molecule has 0 radical (unpaired) electrons. The van der Waals surface area contributed by atoms with Crippen LogP contribution in [0.3, 0.4) is 0 Å². The second-order valence-electron chi connectivity index (χ2n) is 7.67. The molecule has 0 amide bonds. The van der Waals surface area contributed by atoms with Gasteiger partial charge in [-0.05, 0) is 39.8 Å². The summed E-state index contributed by atoms with van der Waals surface area (Å²) in [5.41, 5.74) is 0.275. The lowest BCUT2D eigenvalue weighted by molar-refractivity contribution is -0.293. The average molecular weight is 380 g/mol. The maximum atomic E-state index is 12.7. The number of rotatable bonds is 2. The van der Waals surface area contributed by atoms with Crippen molar-refractivity contribution in [2.45, 2.75) is 68.3 Å². The van der Waals surface area contributed by atoms with E-state index >= 15 is 0 Å². The van der Waals surface area contributed by atoms with Gasteiger partial charge in [-0.15, -0.1) is 11.8 Å². The summed E-state index contributed by atoms with van der Waals surface area (Å²) in [6.07, 6.45) is -1.28. The zero-order valence-electron chi connectivity index (χ0n) is 15.3. The number of esters is 1. The highest BCUT2D eigenvalue weighted by molar-refractivity contribution is 8.00. The molecule has 0 unspecified atom stereocenters. The largest absolute Gasteiger partial charge is 0.453 e. The predicted octanol–water partition coefficient (Wildman–Crippen LogP) is 2.96. The van der Waals surface area contributed by atoms with E-state index in [0.29, 0.717) is 12.2 Å². The van der Waals surface area contributed by atoms with E-state index < -0.39 is 23.8 Å². The highest BCUT2D eigenvalue weighted by Crippen LogP contribution is 2.47. The number of carbonyl (C=O) groups is 1. The molecule has 0 aromatic heterocycles. The fourth-order valence-corrected chi connectivity index (χ4v) is 5.06. The second kappa shape index (κ2) is 6.49. The summed E-state index contributed by atoms with van der Waals surface area (Å²) >= 11 is 1.63. The van der Waals surface area contributed by atoms with Gasteiger partial charge in [0.2, 0.25) is 0 Å². The van der Waals surface area contributed by atoms with Gasteiger partial charge in [-0.3, -0.25) is 0 Å². The van der Waals surface area contributed by atoms with Gasteiger partial charge in [0.25, 0.3) is 0 Å². The normalized spacial score (nSPS) is 37.5. The summed E-state index contributed by atoms with van der Waals surface area (Å²) in [5, 5.41) is 0.00958. The molecule has 6 nitrogen and oxygen atoms in total. The quantitative estimate of drug-likeness (QED) is 0.731. The Morgan fingerprint density at radius 3 is 2.46 bits per heavy atom. The van der Waals surface area contributed by atoms with E-state index in [2.05, 4.69) is 0 Å². The van der Waals surface area contributed by atoms with Crippen LogP contribution in [0, 0.1) is 0 Å². The number of hydrogen-bond donors (Lipinski definition) is 0. The van der Waals surface area contributed by atoms with Crippen LogP contribution in [0.5, 0.6) is 0 Å². The molecule has 142 valence electrons. The minimum atomic E-state index is -0.735. The Morgan fingerprint density at radius 1 is 1.04 bits per heavy atom. The number of hydrogen-bond acceptors (Lipinski definition) is 7. The molecule has 0 aliphatic carbocycles. The Kier molecular flexibility index (Phi) is 4.56. The molecular formula is C19H24O6S. The van der Waals surface area contributed by atoms with Crippen LogP contribution in [0.2, 0.25) is 0 Å². The summed E-state index contributed by atoms with van der Waals surface area (Å²) < 4.78 is 29.9. The van der Waals surface area contributed by atoms with Gasteiger partial charge in [-0.2, -0.15) is 0 Å². The van der Waals surface area contributed by atoms with Crippen molar-refractivity contribution >= 4 is 17.7 Å². The van der Waals surface area contributed by atoms with Gasteiger partial charge in [0.05, 0.1) is 17.4 Å². The van der Waals surface area contributed by atoms with Crippen molar-refractivity contribution in [2.75, 3.05) is 6.61 Å². The van der Waals surface area contributed by atoms with Gasteiger partial charge in [0.15, 0.2) is 17.7 Å². The second-order valence-corrected chi connectivity index (χ2v) is 9.01. The lowest BCUT2D eigenvalue weighted by Gasteiger charge is -2.48. The van der Waals surface area contributed by atoms with Gasteiger partial charge in [-0.25, -0.2) is 4.79 Å². The Labute approximate surface area is 157 Å². The molecular weight excluding hydrogens is 356 g/mol. The summed E-state index contributed by atoms with van der Waals surface area (Å²) in [7, 11) is 0. The van der Waals surface area contributed by atoms with E-state index in [4.69, 9.17) is 23.7 Å². The van der Waals surface area contributed by atoms with E-state index in [1.807, 2.05) is 45.9 Å². The number of fused-ring (bicyclic) bond motifs is 2. The molecule has 4 rings (SSSR count). The third kappa shape index (κ3) is 3.51. The Morgan fingerprint density at radius 2 is 1.73 bits per heavy atom. The molecule has 3 aliphatic heterocycles. The first-order chi connectivity index (χ1) is 12.2. The molecule has 3 aliphatic rings.